The molecule has 4 rings (SSSR count). The largest absolute Gasteiger partial charge is 0.475 e. The predicted octanol–water partition coefficient (Wildman–Crippen LogP) is 5.13. The molecule has 0 saturated heterocycles. The van der Waals surface area contributed by atoms with E-state index in [1.165, 1.54) is 13.2 Å². The number of hydrogen-bond donors (Lipinski definition) is 3. The number of rotatable bonds is 7. The first-order valence-corrected chi connectivity index (χ1v) is 12.7. The molecular formula is C29H28F4N4O4. The van der Waals surface area contributed by atoms with E-state index < -0.39 is 36.0 Å². The number of aliphatic hydroxyl groups excluding tert-OH is 1. The molecule has 0 spiro atoms. The minimum Gasteiger partial charge on any atom is -0.475 e. The molecule has 0 fully saturated rings. The number of ether oxygens (including phenoxy) is 2. The number of aliphatic hydroxyl groups is 1. The molecule has 4 atom stereocenters. The molecule has 0 aromatic rings. The van der Waals surface area contributed by atoms with Gasteiger partial charge in [0.25, 0.3) is 0 Å². The van der Waals surface area contributed by atoms with E-state index in [0.29, 0.717) is 36.1 Å². The second-order valence-electron chi connectivity index (χ2n) is 9.21. The van der Waals surface area contributed by atoms with Crippen LogP contribution >= 0.6 is 0 Å². The highest BCUT2D eigenvalue weighted by molar-refractivity contribution is 6.01. The van der Waals surface area contributed by atoms with Crippen LogP contribution in [0.2, 0.25) is 0 Å². The van der Waals surface area contributed by atoms with Crippen LogP contribution in [0.15, 0.2) is 111 Å². The van der Waals surface area contributed by atoms with E-state index in [9.17, 15) is 27.5 Å². The third kappa shape index (κ3) is 8.37. The predicted molar refractivity (Wildman–Crippen MR) is 145 cm³/mol. The van der Waals surface area contributed by atoms with Crippen molar-refractivity contribution in [2.45, 2.75) is 43.9 Å². The second-order valence-corrected chi connectivity index (χ2v) is 9.21. The number of carbonyl (C=O) groups is 1. The Hall–Kier alpha value is -4.25. The van der Waals surface area contributed by atoms with Crippen LogP contribution in [-0.2, 0) is 9.47 Å². The minimum atomic E-state index is -4.90. The van der Waals surface area contributed by atoms with Gasteiger partial charge in [-0.2, -0.15) is 13.2 Å². The summed E-state index contributed by atoms with van der Waals surface area (Å²) in [5, 5.41) is 14.8. The lowest BCUT2D eigenvalue weighted by Gasteiger charge is -2.15. The Labute approximate surface area is 233 Å². The van der Waals surface area contributed by atoms with Crippen molar-refractivity contribution in [3.05, 3.63) is 101 Å². The first-order valence-electron chi connectivity index (χ1n) is 12.7. The van der Waals surface area contributed by atoms with E-state index in [1.807, 2.05) is 12.2 Å². The summed E-state index contributed by atoms with van der Waals surface area (Å²) >= 11 is 0. The Kier molecular flexibility index (Phi) is 9.72. The van der Waals surface area contributed by atoms with Crippen LogP contribution in [0.3, 0.4) is 0 Å². The molecule has 41 heavy (non-hydrogen) atoms. The van der Waals surface area contributed by atoms with Gasteiger partial charge in [0, 0.05) is 49.0 Å². The first-order chi connectivity index (χ1) is 19.6. The van der Waals surface area contributed by atoms with E-state index >= 15 is 0 Å². The van der Waals surface area contributed by atoms with Crippen molar-refractivity contribution in [2.75, 3.05) is 7.11 Å². The highest BCUT2D eigenvalue weighted by Crippen LogP contribution is 2.34. The van der Waals surface area contributed by atoms with Crippen molar-refractivity contribution in [3.63, 3.8) is 0 Å². The number of halogens is 4. The maximum absolute atomic E-state index is 13.8. The summed E-state index contributed by atoms with van der Waals surface area (Å²) in [7, 11) is 1.43. The molecule has 3 N–H and O–H groups in total. The monoisotopic (exact) mass is 572 g/mol. The van der Waals surface area contributed by atoms with Crippen molar-refractivity contribution < 1.29 is 36.9 Å². The summed E-state index contributed by atoms with van der Waals surface area (Å²) in [4.78, 5) is 21.3. The lowest BCUT2D eigenvalue weighted by Crippen LogP contribution is -2.34. The normalized spacial score (nSPS) is 24.9. The number of allylic oxidation sites excluding steroid dienone is 8. The van der Waals surface area contributed by atoms with E-state index in [0.717, 1.165) is 6.08 Å². The van der Waals surface area contributed by atoms with Crippen LogP contribution in [0, 0.1) is 5.92 Å². The average molecular weight is 573 g/mol. The number of urea groups is 1. The number of alkyl halides is 3. The summed E-state index contributed by atoms with van der Waals surface area (Å²) in [5.74, 6) is -1.22. The molecule has 4 aliphatic rings. The second kappa shape index (κ2) is 13.4. The summed E-state index contributed by atoms with van der Waals surface area (Å²) < 4.78 is 64.1. The van der Waals surface area contributed by atoms with Crippen LogP contribution in [0.1, 0.15) is 19.3 Å². The molecule has 0 bridgehead atoms. The van der Waals surface area contributed by atoms with Gasteiger partial charge in [-0.1, -0.05) is 24.0 Å². The minimum absolute atomic E-state index is 0.111. The quantitative estimate of drug-likeness (QED) is 0.170. The van der Waals surface area contributed by atoms with Crippen molar-refractivity contribution >= 4 is 18.0 Å². The van der Waals surface area contributed by atoms with Crippen molar-refractivity contribution in [1.82, 2.24) is 10.6 Å². The van der Waals surface area contributed by atoms with Crippen LogP contribution in [0.4, 0.5) is 22.4 Å². The molecule has 0 saturated carbocycles. The Balaban J connectivity index is 1.35. The molecule has 12 heteroatoms. The Morgan fingerprint density at radius 3 is 2.71 bits per heavy atom. The van der Waals surface area contributed by atoms with Gasteiger partial charge >= 0.3 is 12.2 Å². The first kappa shape index (κ1) is 29.7. The van der Waals surface area contributed by atoms with Gasteiger partial charge in [0.15, 0.2) is 12.0 Å². The van der Waals surface area contributed by atoms with Crippen molar-refractivity contribution in [3.8, 4) is 0 Å². The zero-order valence-electron chi connectivity index (χ0n) is 21.9. The molecular weight excluding hydrogens is 544 g/mol. The van der Waals surface area contributed by atoms with E-state index in [2.05, 4.69) is 26.3 Å². The highest BCUT2D eigenvalue weighted by atomic mass is 19.4. The van der Waals surface area contributed by atoms with Crippen LogP contribution < -0.4 is 10.6 Å². The van der Waals surface area contributed by atoms with E-state index in [4.69, 9.17) is 9.47 Å². The molecule has 0 aromatic heterocycles. The number of nitrogens with one attached hydrogen (secondary N) is 2. The topological polar surface area (TPSA) is 105 Å². The summed E-state index contributed by atoms with van der Waals surface area (Å²) in [5.41, 5.74) is 2.47. The Morgan fingerprint density at radius 1 is 1.15 bits per heavy atom. The number of nitrogens with zero attached hydrogens (tertiary/aromatic N) is 2. The molecule has 2 heterocycles. The molecule has 216 valence electrons. The molecule has 2 aliphatic carbocycles. The number of aliphatic imine (C=N–C) groups is 2. The number of carbonyl (C=O) groups excluding carboxylic acids is 1. The van der Waals surface area contributed by atoms with E-state index in [1.54, 1.807) is 42.8 Å². The van der Waals surface area contributed by atoms with Gasteiger partial charge in [-0.3, -0.25) is 9.98 Å². The smallest absolute Gasteiger partial charge is 0.419 e. The standard InChI is InChI=1S/C29H28F4N4O4/c1-40-27(38)18-15-26(35-17-18)25-12-11-22(13-14-34-25)41-21-7-3-2-5-19(9-10-21)36-28(39)37-20-6-4-8-24(30)23(16-20)29(31,32)33/h3,5-10,12-14,16-18,21,26-27,38H,2,4,15H2,1H3,(H2,36,37,39). The van der Waals surface area contributed by atoms with Gasteiger partial charge in [-0.25, -0.2) is 9.18 Å². The third-order valence-electron chi connectivity index (χ3n) is 6.26. The average Bonchev–Trinajstić information content (AvgIpc) is 3.18. The number of amides is 2. The van der Waals surface area contributed by atoms with Crippen molar-refractivity contribution in [2.24, 2.45) is 15.9 Å². The number of methoxy groups -OCH3 is 1. The maximum Gasteiger partial charge on any atom is 0.419 e. The molecule has 8 nitrogen and oxygen atoms in total. The van der Waals surface area contributed by atoms with Gasteiger partial charge < -0.3 is 25.2 Å². The lowest BCUT2D eigenvalue weighted by atomic mass is 10.0. The molecule has 2 aliphatic heterocycles. The van der Waals surface area contributed by atoms with Crippen LogP contribution in [-0.4, -0.2) is 54.8 Å². The zero-order valence-corrected chi connectivity index (χ0v) is 21.9. The molecule has 2 amide bonds. The van der Waals surface area contributed by atoms with Crippen LogP contribution in [0.25, 0.3) is 0 Å². The van der Waals surface area contributed by atoms with Crippen LogP contribution in [0.5, 0.6) is 0 Å². The summed E-state index contributed by atoms with van der Waals surface area (Å²) in [6.45, 7) is 0. The fourth-order valence-electron chi connectivity index (χ4n) is 4.17. The SMILES string of the molecule is COC(O)C1C=NC(C2=NC=CC(OC3C=CCC=C(NC(=O)NC4=CCC=C(F)C(C(F)(F)F)=C4)C=C3)=C=C2)C1. The summed E-state index contributed by atoms with van der Waals surface area (Å²) in [6, 6.07) is -1.03. The van der Waals surface area contributed by atoms with Gasteiger partial charge in [0.2, 0.25) is 0 Å². The van der Waals surface area contributed by atoms with E-state index in [-0.39, 0.29) is 24.1 Å². The van der Waals surface area contributed by atoms with Gasteiger partial charge in [0.05, 0.1) is 17.3 Å². The fraction of sp³-hybridized carbons (Fsp3) is 0.310. The number of hydrogen-bond acceptors (Lipinski definition) is 6. The maximum atomic E-state index is 13.8. The fourth-order valence-corrected chi connectivity index (χ4v) is 4.17. The molecule has 4 unspecified atom stereocenters. The van der Waals surface area contributed by atoms with Gasteiger partial charge in [-0.15, -0.1) is 0 Å². The lowest BCUT2D eigenvalue weighted by molar-refractivity contribution is -0.0943. The zero-order chi connectivity index (χ0) is 29.4. The van der Waals surface area contributed by atoms with Gasteiger partial charge in [-0.05, 0) is 49.6 Å². The van der Waals surface area contributed by atoms with Crippen molar-refractivity contribution in [1.29, 1.82) is 0 Å². The Morgan fingerprint density at radius 2 is 1.93 bits per heavy atom. The highest BCUT2D eigenvalue weighted by Gasteiger charge is 2.37. The summed E-state index contributed by atoms with van der Waals surface area (Å²) in [6.07, 6.45) is 12.4. The Bertz CT molecular complexity index is 1370. The van der Waals surface area contributed by atoms with Gasteiger partial charge in [0.1, 0.15) is 11.9 Å². The molecule has 0 aromatic carbocycles. The third-order valence-corrected chi connectivity index (χ3v) is 6.26. The molecule has 0 radical (unpaired) electrons.